The lowest BCUT2D eigenvalue weighted by Gasteiger charge is -2.32. The third-order valence-electron chi connectivity index (χ3n) is 3.51. The number of amides is 1. The first-order valence-corrected chi connectivity index (χ1v) is 7.09. The van der Waals surface area contributed by atoms with Crippen LogP contribution < -0.4 is 5.32 Å². The standard InChI is InChI=1S/C15H17N5O2/c1-16-14-4-2-3-11(19-14)13-9-20(7-8-22-13)15(21)12-5-6-17-10-18-12/h2-6,10,13H,7-9H2,1H3,(H,16,19)/t13-/m1/s1. The van der Waals surface area contributed by atoms with Crippen LogP contribution in [0.4, 0.5) is 5.82 Å². The van der Waals surface area contributed by atoms with Gasteiger partial charge in [-0.3, -0.25) is 4.79 Å². The van der Waals surface area contributed by atoms with Crippen LogP contribution in [0.3, 0.4) is 0 Å². The van der Waals surface area contributed by atoms with E-state index in [4.69, 9.17) is 4.74 Å². The minimum absolute atomic E-state index is 0.111. The number of anilines is 1. The molecule has 0 bridgehead atoms. The van der Waals surface area contributed by atoms with Crippen molar-refractivity contribution in [3.8, 4) is 0 Å². The fourth-order valence-corrected chi connectivity index (χ4v) is 2.36. The van der Waals surface area contributed by atoms with Crippen LogP contribution in [-0.2, 0) is 4.74 Å². The van der Waals surface area contributed by atoms with E-state index in [0.717, 1.165) is 11.5 Å². The number of nitrogens with one attached hydrogen (secondary N) is 1. The van der Waals surface area contributed by atoms with Gasteiger partial charge in [0.05, 0.1) is 18.8 Å². The Hall–Kier alpha value is -2.54. The number of carbonyl (C=O) groups is 1. The number of rotatable bonds is 3. The Kier molecular flexibility index (Phi) is 4.24. The van der Waals surface area contributed by atoms with Gasteiger partial charge in [-0.1, -0.05) is 6.07 Å². The minimum Gasteiger partial charge on any atom is -0.373 e. The molecule has 0 saturated carbocycles. The summed E-state index contributed by atoms with van der Waals surface area (Å²) in [4.78, 5) is 26.5. The molecule has 2 aromatic heterocycles. The predicted molar refractivity (Wildman–Crippen MR) is 80.4 cm³/mol. The van der Waals surface area contributed by atoms with Gasteiger partial charge in [-0.25, -0.2) is 15.0 Å². The van der Waals surface area contributed by atoms with Crippen LogP contribution >= 0.6 is 0 Å². The zero-order valence-corrected chi connectivity index (χ0v) is 12.3. The zero-order valence-electron chi connectivity index (χ0n) is 12.3. The molecule has 7 nitrogen and oxygen atoms in total. The van der Waals surface area contributed by atoms with Gasteiger partial charge in [0, 0.05) is 19.8 Å². The molecule has 22 heavy (non-hydrogen) atoms. The van der Waals surface area contributed by atoms with Crippen molar-refractivity contribution in [2.24, 2.45) is 0 Å². The van der Waals surface area contributed by atoms with E-state index >= 15 is 0 Å². The smallest absolute Gasteiger partial charge is 0.272 e. The number of morpholine rings is 1. The average Bonchev–Trinajstić information content (AvgIpc) is 2.62. The minimum atomic E-state index is -0.229. The second-order valence-electron chi connectivity index (χ2n) is 4.90. The zero-order chi connectivity index (χ0) is 15.4. The third kappa shape index (κ3) is 3.04. The Morgan fingerprint density at radius 2 is 2.32 bits per heavy atom. The average molecular weight is 299 g/mol. The topological polar surface area (TPSA) is 80.2 Å². The maximum absolute atomic E-state index is 12.4. The molecule has 0 spiro atoms. The second-order valence-corrected chi connectivity index (χ2v) is 4.90. The molecule has 1 saturated heterocycles. The highest BCUT2D eigenvalue weighted by Crippen LogP contribution is 2.22. The third-order valence-corrected chi connectivity index (χ3v) is 3.51. The highest BCUT2D eigenvalue weighted by atomic mass is 16.5. The largest absolute Gasteiger partial charge is 0.373 e. The molecule has 1 atom stereocenters. The second kappa shape index (κ2) is 6.48. The molecule has 0 radical (unpaired) electrons. The van der Waals surface area contributed by atoms with Gasteiger partial charge in [-0.2, -0.15) is 0 Å². The summed E-state index contributed by atoms with van der Waals surface area (Å²) in [6.45, 7) is 1.49. The summed E-state index contributed by atoms with van der Waals surface area (Å²) in [5.74, 6) is 0.667. The Morgan fingerprint density at radius 3 is 3.09 bits per heavy atom. The van der Waals surface area contributed by atoms with E-state index in [1.807, 2.05) is 25.2 Å². The number of nitrogens with zero attached hydrogens (tertiary/aromatic N) is 4. The first-order chi connectivity index (χ1) is 10.8. The summed E-state index contributed by atoms with van der Waals surface area (Å²) < 4.78 is 5.76. The molecule has 3 rings (SSSR count). The van der Waals surface area contributed by atoms with E-state index in [0.29, 0.717) is 25.4 Å². The molecule has 0 aromatic carbocycles. The fraction of sp³-hybridized carbons (Fsp3) is 0.333. The lowest BCUT2D eigenvalue weighted by atomic mass is 10.1. The van der Waals surface area contributed by atoms with E-state index in [-0.39, 0.29) is 12.0 Å². The molecule has 2 aromatic rings. The summed E-state index contributed by atoms with van der Waals surface area (Å²) in [6.07, 6.45) is 2.71. The molecule has 3 heterocycles. The van der Waals surface area contributed by atoms with Gasteiger partial charge in [-0.05, 0) is 18.2 Å². The summed E-state index contributed by atoms with van der Waals surface area (Å²) in [5.41, 5.74) is 1.21. The van der Waals surface area contributed by atoms with Crippen LogP contribution in [-0.4, -0.2) is 52.5 Å². The molecule has 1 aliphatic rings. The molecular weight excluding hydrogens is 282 g/mol. The normalized spacial score (nSPS) is 18.0. The van der Waals surface area contributed by atoms with E-state index in [2.05, 4.69) is 20.3 Å². The first kappa shape index (κ1) is 14.4. The number of aromatic nitrogens is 3. The monoisotopic (exact) mass is 299 g/mol. The molecule has 1 amide bonds. The Morgan fingerprint density at radius 1 is 1.41 bits per heavy atom. The molecular formula is C15H17N5O2. The summed E-state index contributed by atoms with van der Waals surface area (Å²) in [7, 11) is 1.82. The van der Waals surface area contributed by atoms with Crippen LogP contribution in [0.25, 0.3) is 0 Å². The van der Waals surface area contributed by atoms with Gasteiger partial charge < -0.3 is 15.0 Å². The molecule has 114 valence electrons. The quantitative estimate of drug-likeness (QED) is 0.915. The van der Waals surface area contributed by atoms with Crippen molar-refractivity contribution in [2.75, 3.05) is 32.1 Å². The van der Waals surface area contributed by atoms with Gasteiger partial charge >= 0.3 is 0 Å². The van der Waals surface area contributed by atoms with Crippen molar-refractivity contribution in [3.05, 3.63) is 48.2 Å². The maximum Gasteiger partial charge on any atom is 0.272 e. The summed E-state index contributed by atoms with van der Waals surface area (Å²) >= 11 is 0. The van der Waals surface area contributed by atoms with Crippen molar-refractivity contribution >= 4 is 11.7 Å². The predicted octanol–water partition coefficient (Wildman–Crippen LogP) is 1.13. The number of carbonyl (C=O) groups excluding carboxylic acids is 1. The Labute approximate surface area is 128 Å². The Balaban J connectivity index is 1.75. The van der Waals surface area contributed by atoms with E-state index < -0.39 is 0 Å². The van der Waals surface area contributed by atoms with Crippen LogP contribution in [0.5, 0.6) is 0 Å². The number of hydrogen-bond acceptors (Lipinski definition) is 6. The molecule has 0 aliphatic carbocycles. The van der Waals surface area contributed by atoms with Crippen LogP contribution in [0.15, 0.2) is 36.8 Å². The number of hydrogen-bond donors (Lipinski definition) is 1. The van der Waals surface area contributed by atoms with Crippen molar-refractivity contribution in [3.63, 3.8) is 0 Å². The molecule has 0 unspecified atom stereocenters. The van der Waals surface area contributed by atoms with Crippen LogP contribution in [0, 0.1) is 0 Å². The fourth-order valence-electron chi connectivity index (χ4n) is 2.36. The molecule has 7 heteroatoms. The van der Waals surface area contributed by atoms with Crippen molar-refractivity contribution < 1.29 is 9.53 Å². The van der Waals surface area contributed by atoms with Crippen LogP contribution in [0.1, 0.15) is 22.3 Å². The summed E-state index contributed by atoms with van der Waals surface area (Å²) in [6, 6.07) is 7.33. The summed E-state index contributed by atoms with van der Waals surface area (Å²) in [5, 5.41) is 3.00. The van der Waals surface area contributed by atoms with Gasteiger partial charge in [0.1, 0.15) is 23.9 Å². The molecule has 1 aliphatic heterocycles. The van der Waals surface area contributed by atoms with Gasteiger partial charge in [0.25, 0.3) is 5.91 Å². The highest BCUT2D eigenvalue weighted by molar-refractivity contribution is 5.92. The first-order valence-electron chi connectivity index (χ1n) is 7.09. The Bertz CT molecular complexity index is 649. The number of pyridine rings is 1. The van der Waals surface area contributed by atoms with Gasteiger partial charge in [0.15, 0.2) is 0 Å². The SMILES string of the molecule is CNc1cccc([C@H]2CN(C(=O)c3ccncn3)CCO2)n1. The molecule has 1 N–H and O–H groups in total. The maximum atomic E-state index is 12.4. The van der Waals surface area contributed by atoms with Crippen molar-refractivity contribution in [1.82, 2.24) is 19.9 Å². The van der Waals surface area contributed by atoms with E-state index in [1.54, 1.807) is 17.2 Å². The van der Waals surface area contributed by atoms with Crippen molar-refractivity contribution in [2.45, 2.75) is 6.10 Å². The van der Waals surface area contributed by atoms with E-state index in [9.17, 15) is 4.79 Å². The van der Waals surface area contributed by atoms with Crippen molar-refractivity contribution in [1.29, 1.82) is 0 Å². The molecule has 1 fully saturated rings. The lowest BCUT2D eigenvalue weighted by Crippen LogP contribution is -2.42. The highest BCUT2D eigenvalue weighted by Gasteiger charge is 2.27. The van der Waals surface area contributed by atoms with E-state index in [1.165, 1.54) is 6.33 Å². The lowest BCUT2D eigenvalue weighted by molar-refractivity contribution is -0.0248. The number of ether oxygens (including phenoxy) is 1. The van der Waals surface area contributed by atoms with Crippen LogP contribution in [0.2, 0.25) is 0 Å². The van der Waals surface area contributed by atoms with Gasteiger partial charge in [-0.15, -0.1) is 0 Å². The van der Waals surface area contributed by atoms with Gasteiger partial charge in [0.2, 0.25) is 0 Å².